The van der Waals surface area contributed by atoms with E-state index >= 15 is 0 Å². The van der Waals surface area contributed by atoms with Crippen molar-refractivity contribution in [3.63, 3.8) is 0 Å². The highest BCUT2D eigenvalue weighted by Crippen LogP contribution is 2.37. The van der Waals surface area contributed by atoms with Crippen molar-refractivity contribution in [2.45, 2.75) is 0 Å². The second-order valence-corrected chi connectivity index (χ2v) is 6.47. The number of hydrogen-bond donors (Lipinski definition) is 0. The van der Waals surface area contributed by atoms with E-state index in [1.54, 1.807) is 18.2 Å². The zero-order chi connectivity index (χ0) is 15.9. The number of aromatic nitrogens is 1. The highest BCUT2D eigenvalue weighted by molar-refractivity contribution is 8.19. The lowest BCUT2D eigenvalue weighted by atomic mass is 10.2. The molecule has 1 aliphatic heterocycles. The Morgan fingerprint density at radius 1 is 1.14 bits per heavy atom. The fourth-order valence-corrected chi connectivity index (χ4v) is 3.19. The molecule has 1 aliphatic rings. The van der Waals surface area contributed by atoms with E-state index in [2.05, 4.69) is 0 Å². The van der Waals surface area contributed by atoms with Crippen LogP contribution >= 0.6 is 35.0 Å². The number of amides is 2. The smallest absolute Gasteiger partial charge is 0.298 e. The van der Waals surface area contributed by atoms with Gasteiger partial charge in [0.15, 0.2) is 0 Å². The molecule has 0 N–H and O–H groups in total. The van der Waals surface area contributed by atoms with E-state index in [0.29, 0.717) is 20.6 Å². The number of imide groups is 1. The molecule has 2 amide bonds. The first-order chi connectivity index (χ1) is 10.5. The van der Waals surface area contributed by atoms with Gasteiger partial charge in [0.05, 0.1) is 20.6 Å². The largest absolute Gasteiger partial charge is 0.351 e. The summed E-state index contributed by atoms with van der Waals surface area (Å²) in [5, 5.41) is 0.310. The van der Waals surface area contributed by atoms with E-state index in [-0.39, 0.29) is 11.1 Å². The Balaban J connectivity index is 1.96. The Hall–Kier alpha value is -1.69. The molecule has 2 aromatic rings. The topological polar surface area (TPSA) is 42.3 Å². The van der Waals surface area contributed by atoms with Gasteiger partial charge in [-0.3, -0.25) is 9.59 Å². The van der Waals surface area contributed by atoms with Gasteiger partial charge in [-0.05, 0) is 48.2 Å². The van der Waals surface area contributed by atoms with Crippen molar-refractivity contribution in [2.75, 3.05) is 4.90 Å². The predicted octanol–water partition coefficient (Wildman–Crippen LogP) is 4.57. The van der Waals surface area contributed by atoms with Crippen molar-refractivity contribution < 1.29 is 9.59 Å². The number of nitrogens with zero attached hydrogens (tertiary/aromatic N) is 2. The predicted molar refractivity (Wildman–Crippen MR) is 90.3 cm³/mol. The molecule has 7 heteroatoms. The first kappa shape index (κ1) is 15.2. The number of carbonyl (C=O) groups excluding carboxylic acids is 2. The Bertz CT molecular complexity index is 814. The summed E-state index contributed by atoms with van der Waals surface area (Å²) in [4.78, 5) is 26.1. The summed E-state index contributed by atoms with van der Waals surface area (Å²) in [7, 11) is 1.87. The van der Waals surface area contributed by atoms with Crippen LogP contribution in [0.15, 0.2) is 41.4 Å². The number of thioether (sulfide) groups is 1. The summed E-state index contributed by atoms with van der Waals surface area (Å²) in [6.07, 6.45) is 3.57. The molecular weight excluding hydrogens is 343 g/mol. The van der Waals surface area contributed by atoms with Gasteiger partial charge >= 0.3 is 0 Å². The first-order valence-corrected chi connectivity index (χ1v) is 7.89. The Labute approximate surface area is 141 Å². The Morgan fingerprint density at radius 3 is 2.55 bits per heavy atom. The van der Waals surface area contributed by atoms with Gasteiger partial charge in [0.2, 0.25) is 0 Å². The molecule has 1 fully saturated rings. The third kappa shape index (κ3) is 2.67. The standard InChI is InChI=1S/C15H10Cl2N2O2S/c1-18-6-2-3-9(18)8-13-14(20)19(15(21)22-13)10-4-5-11(16)12(17)7-10/h2-8H,1H3/b13-8+. The molecule has 1 aromatic heterocycles. The lowest BCUT2D eigenvalue weighted by Crippen LogP contribution is -2.27. The zero-order valence-electron chi connectivity index (χ0n) is 11.4. The van der Waals surface area contributed by atoms with E-state index < -0.39 is 0 Å². The molecule has 1 saturated heterocycles. The van der Waals surface area contributed by atoms with E-state index in [4.69, 9.17) is 23.2 Å². The van der Waals surface area contributed by atoms with Crippen LogP contribution in [0.3, 0.4) is 0 Å². The number of hydrogen-bond acceptors (Lipinski definition) is 3. The van der Waals surface area contributed by atoms with Crippen LogP contribution in [0, 0.1) is 0 Å². The minimum absolute atomic E-state index is 0.296. The zero-order valence-corrected chi connectivity index (χ0v) is 13.7. The number of rotatable bonds is 2. The van der Waals surface area contributed by atoms with E-state index in [1.165, 1.54) is 6.07 Å². The van der Waals surface area contributed by atoms with Crippen LogP contribution in [0.2, 0.25) is 10.0 Å². The molecular formula is C15H10Cl2N2O2S. The van der Waals surface area contributed by atoms with Crippen molar-refractivity contribution in [1.82, 2.24) is 4.57 Å². The van der Waals surface area contributed by atoms with Crippen LogP contribution in [-0.4, -0.2) is 15.7 Å². The molecule has 22 heavy (non-hydrogen) atoms. The average molecular weight is 353 g/mol. The molecule has 0 spiro atoms. The molecule has 0 unspecified atom stereocenters. The SMILES string of the molecule is Cn1cccc1/C=C1/SC(=O)N(c2ccc(Cl)c(Cl)c2)C1=O. The summed E-state index contributed by atoms with van der Waals surface area (Å²) in [5.41, 5.74) is 1.26. The average Bonchev–Trinajstić information content (AvgIpc) is 2.99. The minimum Gasteiger partial charge on any atom is -0.351 e. The maximum absolute atomic E-state index is 12.5. The summed E-state index contributed by atoms with van der Waals surface area (Å²) < 4.78 is 1.87. The molecule has 0 aliphatic carbocycles. The van der Waals surface area contributed by atoms with Crippen LogP contribution in [0.4, 0.5) is 10.5 Å². The molecule has 0 radical (unpaired) electrons. The summed E-state index contributed by atoms with van der Waals surface area (Å²) in [6, 6.07) is 8.40. The fraction of sp³-hybridized carbons (Fsp3) is 0.0667. The summed E-state index contributed by atoms with van der Waals surface area (Å²) >= 11 is 12.7. The molecule has 2 heterocycles. The highest BCUT2D eigenvalue weighted by Gasteiger charge is 2.36. The van der Waals surface area contributed by atoms with Crippen LogP contribution in [0.5, 0.6) is 0 Å². The third-order valence-corrected chi connectivity index (χ3v) is 4.83. The Kier molecular flexibility index (Phi) is 4.04. The number of carbonyl (C=O) groups is 2. The van der Waals surface area contributed by atoms with Crippen molar-refractivity contribution in [2.24, 2.45) is 7.05 Å². The number of halogens is 2. The van der Waals surface area contributed by atoms with E-state index in [9.17, 15) is 9.59 Å². The van der Waals surface area contributed by atoms with Crippen molar-refractivity contribution in [3.05, 3.63) is 57.2 Å². The summed E-state index contributed by atoms with van der Waals surface area (Å²) in [5.74, 6) is -0.366. The highest BCUT2D eigenvalue weighted by atomic mass is 35.5. The van der Waals surface area contributed by atoms with Gasteiger partial charge < -0.3 is 4.57 Å². The van der Waals surface area contributed by atoms with Crippen molar-refractivity contribution in [1.29, 1.82) is 0 Å². The van der Waals surface area contributed by atoms with Gasteiger partial charge in [0.1, 0.15) is 0 Å². The second-order valence-electron chi connectivity index (χ2n) is 4.66. The van der Waals surface area contributed by atoms with E-state index in [0.717, 1.165) is 22.4 Å². The molecule has 0 atom stereocenters. The third-order valence-electron chi connectivity index (χ3n) is 3.22. The maximum Gasteiger partial charge on any atom is 0.298 e. The van der Waals surface area contributed by atoms with Gasteiger partial charge in [-0.2, -0.15) is 0 Å². The maximum atomic E-state index is 12.5. The quantitative estimate of drug-likeness (QED) is 0.743. The molecule has 1 aromatic carbocycles. The van der Waals surface area contributed by atoms with Crippen LogP contribution < -0.4 is 4.90 Å². The lowest BCUT2D eigenvalue weighted by Gasteiger charge is -2.13. The number of benzene rings is 1. The Morgan fingerprint density at radius 2 is 1.91 bits per heavy atom. The molecule has 0 bridgehead atoms. The molecule has 3 rings (SSSR count). The van der Waals surface area contributed by atoms with Crippen LogP contribution in [0.25, 0.3) is 6.08 Å². The van der Waals surface area contributed by atoms with Gasteiger partial charge in [-0.15, -0.1) is 0 Å². The van der Waals surface area contributed by atoms with Crippen molar-refractivity contribution >= 4 is 57.9 Å². The summed E-state index contributed by atoms with van der Waals surface area (Å²) in [6.45, 7) is 0. The number of anilines is 1. The van der Waals surface area contributed by atoms with Gasteiger partial charge in [0.25, 0.3) is 11.1 Å². The molecule has 112 valence electrons. The normalized spacial score (nSPS) is 16.9. The van der Waals surface area contributed by atoms with Gasteiger partial charge in [-0.1, -0.05) is 23.2 Å². The van der Waals surface area contributed by atoms with Crippen molar-refractivity contribution in [3.8, 4) is 0 Å². The van der Waals surface area contributed by atoms with E-state index in [1.807, 2.05) is 29.9 Å². The minimum atomic E-state index is -0.366. The van der Waals surface area contributed by atoms with Gasteiger partial charge in [-0.25, -0.2) is 4.90 Å². The monoisotopic (exact) mass is 352 g/mol. The lowest BCUT2D eigenvalue weighted by molar-refractivity contribution is -0.113. The van der Waals surface area contributed by atoms with Crippen LogP contribution in [0.1, 0.15) is 5.69 Å². The molecule has 4 nitrogen and oxygen atoms in total. The fourth-order valence-electron chi connectivity index (χ4n) is 2.07. The number of aryl methyl sites for hydroxylation is 1. The van der Waals surface area contributed by atoms with Gasteiger partial charge in [0, 0.05) is 18.9 Å². The molecule has 0 saturated carbocycles. The second kappa shape index (κ2) is 5.83. The first-order valence-electron chi connectivity index (χ1n) is 6.32. The van der Waals surface area contributed by atoms with Crippen LogP contribution in [-0.2, 0) is 11.8 Å².